The van der Waals surface area contributed by atoms with Crippen molar-refractivity contribution in [2.24, 2.45) is 11.8 Å². The maximum atomic E-state index is 4.27. The molecule has 1 heterocycles. The summed E-state index contributed by atoms with van der Waals surface area (Å²) in [7, 11) is 0. The van der Waals surface area contributed by atoms with Crippen LogP contribution in [0.2, 0.25) is 0 Å². The first-order valence-electron chi connectivity index (χ1n) is 5.91. The second kappa shape index (κ2) is 5.13. The molecule has 1 N–H and O–H groups in total. The number of anilines is 1. The van der Waals surface area contributed by atoms with Crippen LogP contribution in [0.1, 0.15) is 33.1 Å². The van der Waals surface area contributed by atoms with Crippen molar-refractivity contribution in [1.29, 1.82) is 0 Å². The lowest BCUT2D eigenvalue weighted by molar-refractivity contribution is 0.267. The number of aromatic nitrogens is 2. The van der Waals surface area contributed by atoms with E-state index in [-0.39, 0.29) is 0 Å². The van der Waals surface area contributed by atoms with Crippen LogP contribution in [0.4, 0.5) is 5.95 Å². The lowest BCUT2D eigenvalue weighted by Crippen LogP contribution is -2.37. The molecular formula is C12H18BrN3. The number of hydrogen-bond acceptors (Lipinski definition) is 3. The van der Waals surface area contributed by atoms with E-state index >= 15 is 0 Å². The molecule has 1 fully saturated rings. The Hall–Kier alpha value is -0.640. The fourth-order valence-corrected chi connectivity index (χ4v) is 2.71. The normalized spacial score (nSPS) is 26.7. The summed E-state index contributed by atoms with van der Waals surface area (Å²) >= 11 is 3.34. The number of rotatable bonds is 2. The summed E-state index contributed by atoms with van der Waals surface area (Å²) in [5.74, 6) is 2.15. The van der Waals surface area contributed by atoms with Gasteiger partial charge in [-0.2, -0.15) is 0 Å². The third-order valence-corrected chi connectivity index (χ3v) is 3.87. The maximum Gasteiger partial charge on any atom is 0.222 e. The molecule has 0 spiro atoms. The Kier molecular flexibility index (Phi) is 3.79. The molecule has 1 aromatic rings. The van der Waals surface area contributed by atoms with Gasteiger partial charge in [-0.3, -0.25) is 0 Å². The van der Waals surface area contributed by atoms with E-state index in [1.54, 1.807) is 12.4 Å². The van der Waals surface area contributed by atoms with Crippen LogP contribution in [0, 0.1) is 11.8 Å². The monoisotopic (exact) mass is 283 g/mol. The average Bonchev–Trinajstić information content (AvgIpc) is 2.26. The van der Waals surface area contributed by atoms with Gasteiger partial charge in [0.25, 0.3) is 0 Å². The minimum Gasteiger partial charge on any atom is -0.351 e. The van der Waals surface area contributed by atoms with E-state index in [0.717, 1.165) is 10.4 Å². The summed E-state index contributed by atoms with van der Waals surface area (Å²) in [6.45, 7) is 4.62. The van der Waals surface area contributed by atoms with Gasteiger partial charge in [0, 0.05) is 18.4 Å². The molecule has 16 heavy (non-hydrogen) atoms. The Morgan fingerprint density at radius 1 is 1.19 bits per heavy atom. The second-order valence-corrected chi connectivity index (χ2v) is 5.70. The number of hydrogen-bond donors (Lipinski definition) is 1. The van der Waals surface area contributed by atoms with Crippen LogP contribution in [-0.4, -0.2) is 16.0 Å². The van der Waals surface area contributed by atoms with Crippen molar-refractivity contribution >= 4 is 21.9 Å². The molecule has 3 nitrogen and oxygen atoms in total. The molecule has 1 aliphatic rings. The lowest BCUT2D eigenvalue weighted by Gasteiger charge is -2.35. The topological polar surface area (TPSA) is 37.8 Å². The molecule has 0 bridgehead atoms. The molecule has 0 saturated heterocycles. The standard InChI is InChI=1S/C12H18BrN3/c1-8-4-3-5-9(2)11(8)16-12-14-6-10(13)7-15-12/h6-9,11H,3-5H2,1-2H3,(H,14,15,16)/t8-,9-/m1/s1. The molecule has 2 rings (SSSR count). The smallest absolute Gasteiger partial charge is 0.222 e. The third-order valence-electron chi connectivity index (χ3n) is 3.46. The number of nitrogens with one attached hydrogen (secondary N) is 1. The van der Waals surface area contributed by atoms with E-state index in [1.165, 1.54) is 19.3 Å². The minimum absolute atomic E-state index is 0.509. The second-order valence-electron chi connectivity index (χ2n) is 4.78. The van der Waals surface area contributed by atoms with Gasteiger partial charge in [0.1, 0.15) is 0 Å². The molecule has 88 valence electrons. The Balaban J connectivity index is 2.04. The fraction of sp³-hybridized carbons (Fsp3) is 0.667. The predicted octanol–water partition coefficient (Wildman–Crippen LogP) is 3.48. The van der Waals surface area contributed by atoms with Crippen molar-refractivity contribution in [2.45, 2.75) is 39.2 Å². The van der Waals surface area contributed by atoms with Crippen LogP contribution in [-0.2, 0) is 0 Å². The molecule has 2 atom stereocenters. The zero-order valence-corrected chi connectivity index (χ0v) is 11.4. The highest BCUT2D eigenvalue weighted by atomic mass is 79.9. The first kappa shape index (κ1) is 11.8. The SMILES string of the molecule is C[C@@H]1CCC[C@@H](C)C1Nc1ncc(Br)cn1. The first-order chi connectivity index (χ1) is 7.66. The minimum atomic E-state index is 0.509. The van der Waals surface area contributed by atoms with E-state index in [4.69, 9.17) is 0 Å². The molecule has 0 unspecified atom stereocenters. The van der Waals surface area contributed by atoms with Crippen molar-refractivity contribution < 1.29 is 0 Å². The third kappa shape index (κ3) is 2.73. The molecule has 0 aromatic carbocycles. The van der Waals surface area contributed by atoms with Gasteiger partial charge in [0.15, 0.2) is 0 Å². The Morgan fingerprint density at radius 2 is 1.75 bits per heavy atom. The van der Waals surface area contributed by atoms with E-state index in [1.807, 2.05) is 0 Å². The van der Waals surface area contributed by atoms with Gasteiger partial charge in [-0.15, -0.1) is 0 Å². The average molecular weight is 284 g/mol. The van der Waals surface area contributed by atoms with Crippen molar-refractivity contribution in [1.82, 2.24) is 9.97 Å². The van der Waals surface area contributed by atoms with Gasteiger partial charge in [-0.1, -0.05) is 20.3 Å². The highest BCUT2D eigenvalue weighted by Crippen LogP contribution is 2.30. The fourth-order valence-electron chi connectivity index (χ4n) is 2.50. The van der Waals surface area contributed by atoms with E-state index in [0.29, 0.717) is 17.9 Å². The van der Waals surface area contributed by atoms with Crippen LogP contribution >= 0.6 is 15.9 Å². The molecular weight excluding hydrogens is 266 g/mol. The van der Waals surface area contributed by atoms with Crippen LogP contribution in [0.25, 0.3) is 0 Å². The van der Waals surface area contributed by atoms with Gasteiger partial charge >= 0.3 is 0 Å². The van der Waals surface area contributed by atoms with Gasteiger partial charge in [-0.05, 0) is 40.6 Å². The van der Waals surface area contributed by atoms with Gasteiger partial charge in [0.2, 0.25) is 5.95 Å². The number of halogens is 1. The predicted molar refractivity (Wildman–Crippen MR) is 69.3 cm³/mol. The highest BCUT2D eigenvalue weighted by Gasteiger charge is 2.27. The molecule has 1 saturated carbocycles. The molecule has 4 heteroatoms. The van der Waals surface area contributed by atoms with Crippen molar-refractivity contribution in [3.8, 4) is 0 Å². The lowest BCUT2D eigenvalue weighted by atomic mass is 9.79. The molecule has 1 aromatic heterocycles. The van der Waals surface area contributed by atoms with Crippen LogP contribution < -0.4 is 5.32 Å². The maximum absolute atomic E-state index is 4.27. The summed E-state index contributed by atoms with van der Waals surface area (Å²) in [5, 5.41) is 3.46. The van der Waals surface area contributed by atoms with Crippen LogP contribution in [0.5, 0.6) is 0 Å². The van der Waals surface area contributed by atoms with Crippen LogP contribution in [0.15, 0.2) is 16.9 Å². The Labute approximate surface area is 105 Å². The quantitative estimate of drug-likeness (QED) is 0.903. The zero-order chi connectivity index (χ0) is 11.5. The van der Waals surface area contributed by atoms with E-state index < -0.39 is 0 Å². The van der Waals surface area contributed by atoms with Gasteiger partial charge < -0.3 is 5.32 Å². The molecule has 0 radical (unpaired) electrons. The summed E-state index contributed by atoms with van der Waals surface area (Å²) in [5.41, 5.74) is 0. The van der Waals surface area contributed by atoms with Crippen LogP contribution in [0.3, 0.4) is 0 Å². The molecule has 0 aliphatic heterocycles. The summed E-state index contributed by atoms with van der Waals surface area (Å²) in [6, 6.07) is 0.509. The summed E-state index contributed by atoms with van der Waals surface area (Å²) < 4.78 is 0.919. The summed E-state index contributed by atoms with van der Waals surface area (Å²) in [4.78, 5) is 8.54. The molecule has 0 amide bonds. The Bertz CT molecular complexity index is 329. The largest absolute Gasteiger partial charge is 0.351 e. The Morgan fingerprint density at radius 3 is 2.31 bits per heavy atom. The van der Waals surface area contributed by atoms with Crippen molar-refractivity contribution in [3.63, 3.8) is 0 Å². The summed E-state index contributed by atoms with van der Waals surface area (Å²) in [6.07, 6.45) is 7.53. The number of nitrogens with zero attached hydrogens (tertiary/aromatic N) is 2. The first-order valence-corrected chi connectivity index (χ1v) is 6.70. The zero-order valence-electron chi connectivity index (χ0n) is 9.78. The van der Waals surface area contributed by atoms with Crippen molar-refractivity contribution in [2.75, 3.05) is 5.32 Å². The van der Waals surface area contributed by atoms with Gasteiger partial charge in [0.05, 0.1) is 4.47 Å². The van der Waals surface area contributed by atoms with E-state index in [9.17, 15) is 0 Å². The van der Waals surface area contributed by atoms with E-state index in [2.05, 4.69) is 45.1 Å². The molecule has 1 aliphatic carbocycles. The van der Waals surface area contributed by atoms with Gasteiger partial charge in [-0.25, -0.2) is 9.97 Å². The van der Waals surface area contributed by atoms with Crippen molar-refractivity contribution in [3.05, 3.63) is 16.9 Å². The highest BCUT2D eigenvalue weighted by molar-refractivity contribution is 9.10.